The van der Waals surface area contributed by atoms with Crippen molar-refractivity contribution in [2.75, 3.05) is 13.7 Å². The first-order chi connectivity index (χ1) is 9.06. The molecule has 0 aliphatic heterocycles. The van der Waals surface area contributed by atoms with Crippen molar-refractivity contribution < 1.29 is 19.4 Å². The summed E-state index contributed by atoms with van der Waals surface area (Å²) in [4.78, 5) is 22.7. The van der Waals surface area contributed by atoms with Gasteiger partial charge in [0.25, 0.3) is 0 Å². The summed E-state index contributed by atoms with van der Waals surface area (Å²) in [6.45, 7) is -0.511. The van der Waals surface area contributed by atoms with Crippen LogP contribution in [0.2, 0.25) is 0 Å². The fourth-order valence-electron chi connectivity index (χ4n) is 1.32. The quantitative estimate of drug-likeness (QED) is 0.627. The lowest BCUT2D eigenvalue weighted by molar-refractivity contribution is -0.145. The maximum absolute atomic E-state index is 11.6. The third kappa shape index (κ3) is 5.23. The first-order valence-electron chi connectivity index (χ1n) is 5.49. The van der Waals surface area contributed by atoms with Gasteiger partial charge in [0, 0.05) is 10.5 Å². The van der Waals surface area contributed by atoms with E-state index in [1.54, 1.807) is 6.08 Å². The molecule has 0 aliphatic rings. The summed E-state index contributed by atoms with van der Waals surface area (Å²) in [5, 5.41) is 11.3. The number of ether oxygens (including phenoxy) is 1. The smallest absolute Gasteiger partial charge is 0.330 e. The van der Waals surface area contributed by atoms with Gasteiger partial charge in [0.15, 0.2) is 6.04 Å². The van der Waals surface area contributed by atoms with Crippen LogP contribution in [0.3, 0.4) is 0 Å². The summed E-state index contributed by atoms with van der Waals surface area (Å²) in [5.41, 5.74) is 0.836. The number of amides is 1. The maximum atomic E-state index is 11.6. The molecule has 0 radical (unpaired) electrons. The number of carbonyl (C=O) groups is 2. The van der Waals surface area contributed by atoms with E-state index in [4.69, 9.17) is 5.11 Å². The molecule has 1 atom stereocenters. The van der Waals surface area contributed by atoms with Crippen molar-refractivity contribution >= 4 is 33.9 Å². The van der Waals surface area contributed by atoms with E-state index in [-0.39, 0.29) is 0 Å². The van der Waals surface area contributed by atoms with Gasteiger partial charge in [-0.3, -0.25) is 4.79 Å². The molecule has 1 aromatic carbocycles. The molecule has 5 nitrogen and oxygen atoms in total. The Bertz CT molecular complexity index is 487. The van der Waals surface area contributed by atoms with Gasteiger partial charge >= 0.3 is 5.97 Å². The van der Waals surface area contributed by atoms with Gasteiger partial charge in [-0.1, -0.05) is 28.1 Å². The highest BCUT2D eigenvalue weighted by Gasteiger charge is 2.18. The topological polar surface area (TPSA) is 75.6 Å². The predicted molar refractivity (Wildman–Crippen MR) is 74.2 cm³/mol. The van der Waals surface area contributed by atoms with Crippen LogP contribution in [0, 0.1) is 0 Å². The first kappa shape index (κ1) is 15.4. The van der Waals surface area contributed by atoms with Crippen LogP contribution < -0.4 is 5.32 Å². The number of methoxy groups -OCH3 is 1. The van der Waals surface area contributed by atoms with Gasteiger partial charge in [0.05, 0.1) is 13.7 Å². The molecule has 0 fully saturated rings. The van der Waals surface area contributed by atoms with Gasteiger partial charge < -0.3 is 15.2 Å². The SMILES string of the molecule is COC(=O)[C@H](CO)NC(=O)/C=C/c1cccc(Br)c1. The molecule has 0 unspecified atom stereocenters. The molecule has 102 valence electrons. The van der Waals surface area contributed by atoms with Gasteiger partial charge in [-0.2, -0.15) is 0 Å². The molecule has 19 heavy (non-hydrogen) atoms. The monoisotopic (exact) mass is 327 g/mol. The lowest BCUT2D eigenvalue weighted by atomic mass is 10.2. The van der Waals surface area contributed by atoms with Gasteiger partial charge in [0.1, 0.15) is 0 Å². The van der Waals surface area contributed by atoms with Crippen molar-refractivity contribution in [2.45, 2.75) is 6.04 Å². The Morgan fingerprint density at radius 3 is 2.84 bits per heavy atom. The number of hydrogen-bond acceptors (Lipinski definition) is 4. The Hall–Kier alpha value is -1.66. The highest BCUT2D eigenvalue weighted by molar-refractivity contribution is 9.10. The average molecular weight is 328 g/mol. The minimum absolute atomic E-state index is 0.482. The Balaban J connectivity index is 2.62. The average Bonchev–Trinajstić information content (AvgIpc) is 2.41. The number of rotatable bonds is 5. The van der Waals surface area contributed by atoms with E-state index in [2.05, 4.69) is 26.0 Å². The summed E-state index contributed by atoms with van der Waals surface area (Å²) < 4.78 is 5.34. The number of halogens is 1. The summed E-state index contributed by atoms with van der Waals surface area (Å²) >= 11 is 3.32. The van der Waals surface area contributed by atoms with E-state index < -0.39 is 24.5 Å². The van der Waals surface area contributed by atoms with Gasteiger partial charge in [-0.15, -0.1) is 0 Å². The molecular formula is C13H14BrNO4. The van der Waals surface area contributed by atoms with Crippen LogP contribution in [-0.4, -0.2) is 36.7 Å². The largest absolute Gasteiger partial charge is 0.467 e. The second kappa shape index (κ2) is 7.70. The number of esters is 1. The summed E-state index contributed by atoms with van der Waals surface area (Å²) in [5.74, 6) is -1.17. The van der Waals surface area contributed by atoms with Crippen LogP contribution in [0.25, 0.3) is 6.08 Å². The van der Waals surface area contributed by atoms with Crippen molar-refractivity contribution in [1.82, 2.24) is 5.32 Å². The van der Waals surface area contributed by atoms with Crippen LogP contribution in [0.1, 0.15) is 5.56 Å². The van der Waals surface area contributed by atoms with E-state index in [0.29, 0.717) is 0 Å². The summed E-state index contributed by atoms with van der Waals surface area (Å²) in [6, 6.07) is 6.33. The zero-order chi connectivity index (χ0) is 14.3. The third-order valence-corrected chi connectivity index (χ3v) is 2.75. The Labute approximate surface area is 119 Å². The minimum atomic E-state index is -1.05. The summed E-state index contributed by atoms with van der Waals surface area (Å²) in [7, 11) is 1.19. The van der Waals surface area contributed by atoms with Crippen LogP contribution in [0.5, 0.6) is 0 Å². The molecule has 0 saturated heterocycles. The molecule has 0 spiro atoms. The van der Waals surface area contributed by atoms with Gasteiger partial charge in [0.2, 0.25) is 5.91 Å². The second-order valence-corrected chi connectivity index (χ2v) is 4.57. The Morgan fingerprint density at radius 1 is 1.53 bits per heavy atom. The molecule has 6 heteroatoms. The highest BCUT2D eigenvalue weighted by atomic mass is 79.9. The summed E-state index contributed by atoms with van der Waals surface area (Å²) in [6.07, 6.45) is 2.89. The van der Waals surface area contributed by atoms with Crippen molar-refractivity contribution in [2.24, 2.45) is 0 Å². The molecule has 0 heterocycles. The van der Waals surface area contributed by atoms with E-state index in [1.807, 2.05) is 24.3 Å². The normalized spacial score (nSPS) is 12.2. The van der Waals surface area contributed by atoms with Crippen LogP contribution in [0.15, 0.2) is 34.8 Å². The molecule has 0 bridgehead atoms. The first-order valence-corrected chi connectivity index (χ1v) is 6.29. The van der Waals surface area contributed by atoms with Crippen molar-refractivity contribution in [1.29, 1.82) is 0 Å². The number of carbonyl (C=O) groups excluding carboxylic acids is 2. The number of hydrogen-bond donors (Lipinski definition) is 2. The molecule has 1 aromatic rings. The maximum Gasteiger partial charge on any atom is 0.330 e. The van der Waals surface area contributed by atoms with Crippen molar-refractivity contribution in [3.63, 3.8) is 0 Å². The molecule has 0 aliphatic carbocycles. The zero-order valence-corrected chi connectivity index (χ0v) is 11.9. The van der Waals surface area contributed by atoms with Crippen molar-refractivity contribution in [3.8, 4) is 0 Å². The number of aliphatic hydroxyl groups excluding tert-OH is 1. The standard InChI is InChI=1S/C13H14BrNO4/c1-19-13(18)11(8-16)15-12(17)6-5-9-3-2-4-10(14)7-9/h2-7,11,16H,8H2,1H3,(H,15,17)/b6-5+/t11-/m0/s1. The lowest BCUT2D eigenvalue weighted by Crippen LogP contribution is -2.43. The van der Waals surface area contributed by atoms with E-state index in [9.17, 15) is 9.59 Å². The van der Waals surface area contributed by atoms with Crippen LogP contribution in [0.4, 0.5) is 0 Å². The highest BCUT2D eigenvalue weighted by Crippen LogP contribution is 2.12. The predicted octanol–water partition coefficient (Wildman–Crippen LogP) is 1.11. The fraction of sp³-hybridized carbons (Fsp3) is 0.231. The molecule has 1 amide bonds. The zero-order valence-electron chi connectivity index (χ0n) is 10.3. The number of benzene rings is 1. The Morgan fingerprint density at radius 2 is 2.26 bits per heavy atom. The molecule has 1 rings (SSSR count). The lowest BCUT2D eigenvalue weighted by Gasteiger charge is -2.11. The van der Waals surface area contributed by atoms with Gasteiger partial charge in [-0.05, 0) is 23.8 Å². The fourth-order valence-corrected chi connectivity index (χ4v) is 1.74. The van der Waals surface area contributed by atoms with E-state index in [1.165, 1.54) is 13.2 Å². The Kier molecular flexibility index (Phi) is 6.24. The van der Waals surface area contributed by atoms with Gasteiger partial charge in [-0.25, -0.2) is 4.79 Å². The third-order valence-electron chi connectivity index (χ3n) is 2.26. The van der Waals surface area contributed by atoms with E-state index in [0.717, 1.165) is 10.0 Å². The number of nitrogens with one attached hydrogen (secondary N) is 1. The minimum Gasteiger partial charge on any atom is -0.467 e. The number of aliphatic hydroxyl groups is 1. The van der Waals surface area contributed by atoms with Crippen LogP contribution in [-0.2, 0) is 14.3 Å². The second-order valence-electron chi connectivity index (χ2n) is 3.66. The van der Waals surface area contributed by atoms with Crippen molar-refractivity contribution in [3.05, 3.63) is 40.4 Å². The molecule has 0 aromatic heterocycles. The molecular weight excluding hydrogens is 314 g/mol. The van der Waals surface area contributed by atoms with Crippen LogP contribution >= 0.6 is 15.9 Å². The molecule has 2 N–H and O–H groups in total. The van der Waals surface area contributed by atoms with E-state index >= 15 is 0 Å². The molecule has 0 saturated carbocycles.